The van der Waals surface area contributed by atoms with Crippen LogP contribution in [-0.4, -0.2) is 28.6 Å². The normalized spacial score (nSPS) is 16.7. The monoisotopic (exact) mass is 349 g/mol. The van der Waals surface area contributed by atoms with Crippen LogP contribution < -0.4 is 14.8 Å². The first-order valence-electron chi connectivity index (χ1n) is 8.50. The molecule has 2 heterocycles. The van der Waals surface area contributed by atoms with Gasteiger partial charge in [0.25, 0.3) is 5.91 Å². The Labute approximate surface area is 151 Å². The first-order chi connectivity index (χ1) is 12.7. The lowest BCUT2D eigenvalue weighted by atomic mass is 10.2. The summed E-state index contributed by atoms with van der Waals surface area (Å²) in [5, 5.41) is 2.92. The molecule has 3 aromatic rings. The number of aromatic amines is 1. The van der Waals surface area contributed by atoms with E-state index in [2.05, 4.69) is 15.3 Å². The minimum absolute atomic E-state index is 0.184. The minimum Gasteiger partial charge on any atom is -0.485 e. The lowest BCUT2D eigenvalue weighted by Crippen LogP contribution is -2.44. The molecule has 2 aromatic carbocycles. The molecule has 0 radical (unpaired) electrons. The van der Waals surface area contributed by atoms with Crippen molar-refractivity contribution in [1.29, 1.82) is 0 Å². The summed E-state index contributed by atoms with van der Waals surface area (Å²) in [5.74, 6) is 1.69. The molecule has 0 unspecified atom stereocenters. The fraction of sp³-hybridized carbons (Fsp3) is 0.200. The van der Waals surface area contributed by atoms with Crippen molar-refractivity contribution in [1.82, 2.24) is 15.3 Å². The van der Waals surface area contributed by atoms with Crippen molar-refractivity contribution < 1.29 is 14.3 Å². The van der Waals surface area contributed by atoms with Gasteiger partial charge >= 0.3 is 0 Å². The summed E-state index contributed by atoms with van der Waals surface area (Å²) in [5.41, 5.74) is 1.96. The number of carbonyl (C=O) groups is 1. The number of H-pyrrole nitrogens is 1. The Hall–Kier alpha value is -3.28. The van der Waals surface area contributed by atoms with E-state index in [0.29, 0.717) is 17.3 Å². The Morgan fingerprint density at radius 2 is 1.88 bits per heavy atom. The van der Waals surface area contributed by atoms with Gasteiger partial charge < -0.3 is 19.8 Å². The predicted molar refractivity (Wildman–Crippen MR) is 96.9 cm³/mol. The molecule has 132 valence electrons. The fourth-order valence-corrected chi connectivity index (χ4v) is 2.84. The number of hydrogen-bond donors (Lipinski definition) is 2. The van der Waals surface area contributed by atoms with Crippen LogP contribution in [0.5, 0.6) is 11.5 Å². The van der Waals surface area contributed by atoms with Gasteiger partial charge in [0.1, 0.15) is 12.4 Å². The average Bonchev–Trinajstić information content (AvgIpc) is 3.18. The maximum Gasteiger partial charge on any atom is 0.265 e. The second-order valence-corrected chi connectivity index (χ2v) is 6.14. The smallest absolute Gasteiger partial charge is 0.265 e. The van der Waals surface area contributed by atoms with Crippen LogP contribution in [0.15, 0.2) is 60.8 Å². The van der Waals surface area contributed by atoms with Crippen LogP contribution in [-0.2, 0) is 4.79 Å². The first-order valence-corrected chi connectivity index (χ1v) is 8.50. The molecule has 0 saturated carbocycles. The van der Waals surface area contributed by atoms with Crippen LogP contribution in [0.1, 0.15) is 18.8 Å². The van der Waals surface area contributed by atoms with Gasteiger partial charge in [-0.15, -0.1) is 0 Å². The van der Waals surface area contributed by atoms with Crippen molar-refractivity contribution in [2.75, 3.05) is 6.61 Å². The molecule has 6 nitrogen and oxygen atoms in total. The minimum atomic E-state index is -0.684. The van der Waals surface area contributed by atoms with Crippen LogP contribution in [0.4, 0.5) is 0 Å². The van der Waals surface area contributed by atoms with Gasteiger partial charge in [-0.1, -0.05) is 42.5 Å². The summed E-state index contributed by atoms with van der Waals surface area (Å²) in [7, 11) is 0. The fourth-order valence-electron chi connectivity index (χ4n) is 2.84. The molecule has 26 heavy (non-hydrogen) atoms. The standard InChI is InChI=1S/C20H19N3O3/c1-13(19-21-11-15(23-19)14-7-3-2-4-8-14)22-20(24)18-12-25-16-9-5-6-10-17(16)26-18/h2-11,13,18H,12H2,1H3,(H,21,23)(H,22,24)/t13-,18+/m0/s1. The summed E-state index contributed by atoms with van der Waals surface area (Å²) < 4.78 is 11.3. The van der Waals surface area contributed by atoms with Crippen LogP contribution in [0.25, 0.3) is 11.3 Å². The SMILES string of the molecule is C[C@H](NC(=O)[C@H]1COc2ccccc2O1)c1ncc(-c2ccccc2)[nH]1. The van der Waals surface area contributed by atoms with E-state index in [-0.39, 0.29) is 18.6 Å². The number of hydrogen-bond acceptors (Lipinski definition) is 4. The molecule has 1 amide bonds. The Bertz CT molecular complexity index is 907. The second-order valence-electron chi connectivity index (χ2n) is 6.14. The Kier molecular flexibility index (Phi) is 4.31. The quantitative estimate of drug-likeness (QED) is 0.759. The van der Waals surface area contributed by atoms with Crippen molar-refractivity contribution in [2.24, 2.45) is 0 Å². The molecule has 0 fully saturated rings. The van der Waals surface area contributed by atoms with Crippen LogP contribution in [0.2, 0.25) is 0 Å². The van der Waals surface area contributed by atoms with Gasteiger partial charge in [-0.2, -0.15) is 0 Å². The molecule has 1 aliphatic rings. The summed E-state index contributed by atoms with van der Waals surface area (Å²) in [6.07, 6.45) is 1.08. The molecule has 0 saturated heterocycles. The van der Waals surface area contributed by atoms with Gasteiger partial charge in [0.05, 0.1) is 17.9 Å². The van der Waals surface area contributed by atoms with Crippen molar-refractivity contribution in [3.8, 4) is 22.8 Å². The molecule has 4 rings (SSSR count). The molecule has 1 aromatic heterocycles. The van der Waals surface area contributed by atoms with Crippen LogP contribution in [0.3, 0.4) is 0 Å². The molecule has 0 spiro atoms. The predicted octanol–water partition coefficient (Wildman–Crippen LogP) is 3.09. The average molecular weight is 349 g/mol. The molecule has 0 aliphatic carbocycles. The Morgan fingerprint density at radius 3 is 2.69 bits per heavy atom. The Morgan fingerprint density at radius 1 is 1.15 bits per heavy atom. The van der Waals surface area contributed by atoms with Gasteiger partial charge in [0, 0.05) is 0 Å². The number of rotatable bonds is 4. The highest BCUT2D eigenvalue weighted by molar-refractivity contribution is 5.82. The third-order valence-corrected chi connectivity index (χ3v) is 4.25. The van der Waals surface area contributed by atoms with Crippen LogP contribution in [0, 0.1) is 0 Å². The molecular formula is C20H19N3O3. The number of amides is 1. The summed E-state index contributed by atoms with van der Waals surface area (Å²) in [6.45, 7) is 2.06. The van der Waals surface area contributed by atoms with E-state index in [0.717, 1.165) is 11.3 Å². The zero-order chi connectivity index (χ0) is 17.9. The van der Waals surface area contributed by atoms with Gasteiger partial charge in [-0.25, -0.2) is 4.98 Å². The summed E-state index contributed by atoms with van der Waals surface area (Å²) in [6, 6.07) is 17.0. The largest absolute Gasteiger partial charge is 0.485 e. The van der Waals surface area contributed by atoms with E-state index in [1.165, 1.54) is 0 Å². The number of nitrogens with zero attached hydrogens (tertiary/aromatic N) is 1. The number of ether oxygens (including phenoxy) is 2. The topological polar surface area (TPSA) is 76.2 Å². The third kappa shape index (κ3) is 3.26. The first kappa shape index (κ1) is 16.2. The maximum atomic E-state index is 12.5. The lowest BCUT2D eigenvalue weighted by Gasteiger charge is -2.26. The maximum absolute atomic E-state index is 12.5. The second kappa shape index (κ2) is 6.92. The summed E-state index contributed by atoms with van der Waals surface area (Å²) in [4.78, 5) is 20.2. The number of benzene rings is 2. The highest BCUT2D eigenvalue weighted by atomic mass is 16.6. The zero-order valence-electron chi connectivity index (χ0n) is 14.3. The van der Waals surface area contributed by atoms with Crippen molar-refractivity contribution in [3.05, 3.63) is 66.6 Å². The van der Waals surface area contributed by atoms with Gasteiger partial charge in [-0.3, -0.25) is 4.79 Å². The van der Waals surface area contributed by atoms with Crippen molar-refractivity contribution in [2.45, 2.75) is 19.1 Å². The highest BCUT2D eigenvalue weighted by Gasteiger charge is 2.28. The van der Waals surface area contributed by atoms with Crippen molar-refractivity contribution in [3.63, 3.8) is 0 Å². The molecule has 0 bridgehead atoms. The number of fused-ring (bicyclic) bond motifs is 1. The number of nitrogens with one attached hydrogen (secondary N) is 2. The van der Waals surface area contributed by atoms with E-state index in [1.54, 1.807) is 12.3 Å². The van der Waals surface area contributed by atoms with Crippen LogP contribution >= 0.6 is 0 Å². The lowest BCUT2D eigenvalue weighted by molar-refractivity contribution is -0.131. The number of imidazole rings is 1. The van der Waals surface area contributed by atoms with Crippen molar-refractivity contribution >= 4 is 5.91 Å². The van der Waals surface area contributed by atoms with Gasteiger partial charge in [0.2, 0.25) is 6.10 Å². The molecule has 1 aliphatic heterocycles. The van der Waals surface area contributed by atoms with E-state index < -0.39 is 6.10 Å². The Balaban J connectivity index is 1.41. The summed E-state index contributed by atoms with van der Waals surface area (Å²) >= 11 is 0. The van der Waals surface area contributed by atoms with E-state index in [9.17, 15) is 4.79 Å². The number of carbonyl (C=O) groups excluding carboxylic acids is 1. The molecule has 2 atom stereocenters. The zero-order valence-corrected chi connectivity index (χ0v) is 14.3. The van der Waals surface area contributed by atoms with E-state index in [1.807, 2.05) is 55.5 Å². The molecule has 2 N–H and O–H groups in total. The van der Waals surface area contributed by atoms with Gasteiger partial charge in [0.15, 0.2) is 11.5 Å². The number of para-hydroxylation sites is 2. The highest BCUT2D eigenvalue weighted by Crippen LogP contribution is 2.31. The molecule has 6 heteroatoms. The third-order valence-electron chi connectivity index (χ3n) is 4.25. The number of aromatic nitrogens is 2. The van der Waals surface area contributed by atoms with E-state index in [4.69, 9.17) is 9.47 Å². The van der Waals surface area contributed by atoms with E-state index >= 15 is 0 Å². The van der Waals surface area contributed by atoms with Gasteiger partial charge in [-0.05, 0) is 24.6 Å². The molecular weight excluding hydrogens is 330 g/mol.